The summed E-state index contributed by atoms with van der Waals surface area (Å²) in [6.45, 7) is 3.90. The second kappa shape index (κ2) is 6.60. The number of halogens is 1. The topological polar surface area (TPSA) is 41.1 Å². The van der Waals surface area contributed by atoms with Gasteiger partial charge in [-0.25, -0.2) is 0 Å². The van der Waals surface area contributed by atoms with Crippen LogP contribution in [-0.2, 0) is 4.79 Å². The molecule has 0 bridgehead atoms. The lowest BCUT2D eigenvalue weighted by Crippen LogP contribution is -2.45. The van der Waals surface area contributed by atoms with E-state index >= 15 is 0 Å². The molecule has 1 saturated carbocycles. The van der Waals surface area contributed by atoms with Crippen molar-refractivity contribution in [1.29, 1.82) is 0 Å². The molecule has 3 nitrogen and oxygen atoms in total. The van der Waals surface area contributed by atoms with E-state index in [1.54, 1.807) is 0 Å². The number of carbonyl (C=O) groups excluding carboxylic acids is 1. The predicted octanol–water partition coefficient (Wildman–Crippen LogP) is 2.25. The molecule has 2 rings (SSSR count). The van der Waals surface area contributed by atoms with Crippen LogP contribution in [0.1, 0.15) is 51.9 Å². The first-order valence-electron chi connectivity index (χ1n) is 6.72. The quantitative estimate of drug-likeness (QED) is 0.748. The van der Waals surface area contributed by atoms with E-state index in [9.17, 15) is 4.79 Å². The minimum atomic E-state index is -0.160. The van der Waals surface area contributed by atoms with Gasteiger partial charge in [0.05, 0.1) is 5.41 Å². The Balaban J connectivity index is 0.00000144. The van der Waals surface area contributed by atoms with Gasteiger partial charge in [0.25, 0.3) is 0 Å². The molecule has 2 fully saturated rings. The number of rotatable bonds is 2. The number of hydrogen-bond acceptors (Lipinski definition) is 2. The van der Waals surface area contributed by atoms with Crippen LogP contribution in [0.2, 0.25) is 0 Å². The molecule has 1 atom stereocenters. The van der Waals surface area contributed by atoms with Crippen LogP contribution in [0.15, 0.2) is 0 Å². The van der Waals surface area contributed by atoms with Crippen molar-refractivity contribution in [3.8, 4) is 0 Å². The molecular weight excluding hydrogens is 236 g/mol. The zero-order valence-corrected chi connectivity index (χ0v) is 11.6. The maximum absolute atomic E-state index is 12.2. The predicted molar refractivity (Wildman–Crippen MR) is 72.5 cm³/mol. The molecule has 0 aromatic rings. The molecule has 1 aliphatic heterocycles. The zero-order valence-electron chi connectivity index (χ0n) is 10.8. The zero-order chi connectivity index (χ0) is 11.4. The van der Waals surface area contributed by atoms with Crippen LogP contribution in [0.4, 0.5) is 0 Å². The molecule has 1 heterocycles. The third kappa shape index (κ3) is 3.85. The second-order valence-electron chi connectivity index (χ2n) is 5.65. The number of amides is 1. The third-order valence-corrected chi connectivity index (χ3v) is 4.11. The van der Waals surface area contributed by atoms with E-state index in [0.717, 1.165) is 19.5 Å². The van der Waals surface area contributed by atoms with Gasteiger partial charge in [-0.3, -0.25) is 4.79 Å². The van der Waals surface area contributed by atoms with E-state index in [4.69, 9.17) is 0 Å². The molecule has 2 N–H and O–H groups in total. The van der Waals surface area contributed by atoms with Crippen LogP contribution in [0, 0.1) is 5.41 Å². The van der Waals surface area contributed by atoms with Gasteiger partial charge >= 0.3 is 0 Å². The smallest absolute Gasteiger partial charge is 0.227 e. The highest BCUT2D eigenvalue weighted by Gasteiger charge is 2.36. The molecule has 1 amide bonds. The number of hydrogen-bond donors (Lipinski definition) is 2. The molecule has 4 heteroatoms. The Bertz CT molecular complexity index is 244. The SMILES string of the molecule is CC1(C(=O)NC2CCCCCC2)CCNC1.Cl. The molecule has 1 saturated heterocycles. The average Bonchev–Trinajstić information content (AvgIpc) is 2.56. The summed E-state index contributed by atoms with van der Waals surface area (Å²) >= 11 is 0. The Hall–Kier alpha value is -0.280. The monoisotopic (exact) mass is 260 g/mol. The molecule has 0 spiro atoms. The van der Waals surface area contributed by atoms with E-state index in [0.29, 0.717) is 6.04 Å². The Kier molecular flexibility index (Phi) is 5.74. The molecule has 0 aromatic heterocycles. The van der Waals surface area contributed by atoms with Crippen molar-refractivity contribution in [3.05, 3.63) is 0 Å². The Labute approximate surface area is 111 Å². The Morgan fingerprint density at radius 3 is 2.41 bits per heavy atom. The van der Waals surface area contributed by atoms with E-state index in [1.165, 1.54) is 38.5 Å². The molecule has 0 radical (unpaired) electrons. The molecule has 1 aliphatic carbocycles. The summed E-state index contributed by atoms with van der Waals surface area (Å²) in [5.41, 5.74) is -0.160. The first-order valence-corrected chi connectivity index (χ1v) is 6.72. The molecule has 17 heavy (non-hydrogen) atoms. The molecular formula is C13H25ClN2O. The lowest BCUT2D eigenvalue weighted by molar-refractivity contribution is -0.130. The van der Waals surface area contributed by atoms with Gasteiger partial charge in [0.1, 0.15) is 0 Å². The van der Waals surface area contributed by atoms with E-state index in [2.05, 4.69) is 17.6 Å². The van der Waals surface area contributed by atoms with Crippen LogP contribution in [0.5, 0.6) is 0 Å². The van der Waals surface area contributed by atoms with Crippen LogP contribution in [0.3, 0.4) is 0 Å². The van der Waals surface area contributed by atoms with Crippen molar-refractivity contribution in [2.75, 3.05) is 13.1 Å². The van der Waals surface area contributed by atoms with Crippen LogP contribution in [0.25, 0.3) is 0 Å². The summed E-state index contributed by atoms with van der Waals surface area (Å²) in [6.07, 6.45) is 8.56. The fourth-order valence-electron chi connectivity index (χ4n) is 2.79. The van der Waals surface area contributed by atoms with E-state index in [-0.39, 0.29) is 23.7 Å². The van der Waals surface area contributed by atoms with E-state index < -0.39 is 0 Å². The average molecular weight is 261 g/mol. The number of nitrogens with one attached hydrogen (secondary N) is 2. The van der Waals surface area contributed by atoms with Gasteiger partial charge in [0.2, 0.25) is 5.91 Å². The van der Waals surface area contributed by atoms with Gasteiger partial charge < -0.3 is 10.6 Å². The maximum atomic E-state index is 12.2. The number of carbonyl (C=O) groups is 1. The molecule has 0 aromatic carbocycles. The lowest BCUT2D eigenvalue weighted by atomic mass is 9.88. The van der Waals surface area contributed by atoms with Gasteiger partial charge in [0, 0.05) is 12.6 Å². The summed E-state index contributed by atoms with van der Waals surface area (Å²) in [6, 6.07) is 0.437. The van der Waals surface area contributed by atoms with Crippen molar-refractivity contribution in [1.82, 2.24) is 10.6 Å². The molecule has 100 valence electrons. The fraction of sp³-hybridized carbons (Fsp3) is 0.923. The van der Waals surface area contributed by atoms with Crippen LogP contribution >= 0.6 is 12.4 Å². The first-order chi connectivity index (χ1) is 7.71. The van der Waals surface area contributed by atoms with Crippen molar-refractivity contribution in [3.63, 3.8) is 0 Å². The molecule has 1 unspecified atom stereocenters. The Morgan fingerprint density at radius 1 is 1.24 bits per heavy atom. The largest absolute Gasteiger partial charge is 0.353 e. The van der Waals surface area contributed by atoms with Gasteiger partial charge in [-0.05, 0) is 32.7 Å². The highest BCUT2D eigenvalue weighted by Crippen LogP contribution is 2.26. The summed E-state index contributed by atoms with van der Waals surface area (Å²) in [7, 11) is 0. The van der Waals surface area contributed by atoms with Crippen molar-refractivity contribution in [2.24, 2.45) is 5.41 Å². The van der Waals surface area contributed by atoms with Crippen molar-refractivity contribution < 1.29 is 4.79 Å². The Morgan fingerprint density at radius 2 is 1.88 bits per heavy atom. The highest BCUT2D eigenvalue weighted by atomic mass is 35.5. The second-order valence-corrected chi connectivity index (χ2v) is 5.65. The summed E-state index contributed by atoms with van der Waals surface area (Å²) < 4.78 is 0. The van der Waals surface area contributed by atoms with Gasteiger partial charge in [-0.1, -0.05) is 25.7 Å². The van der Waals surface area contributed by atoms with Gasteiger partial charge in [-0.2, -0.15) is 0 Å². The minimum Gasteiger partial charge on any atom is -0.353 e. The van der Waals surface area contributed by atoms with Crippen molar-refractivity contribution >= 4 is 18.3 Å². The highest BCUT2D eigenvalue weighted by molar-refractivity contribution is 5.85. The third-order valence-electron chi connectivity index (χ3n) is 4.11. The van der Waals surface area contributed by atoms with Gasteiger partial charge in [0.15, 0.2) is 0 Å². The van der Waals surface area contributed by atoms with Gasteiger partial charge in [-0.15, -0.1) is 12.4 Å². The van der Waals surface area contributed by atoms with E-state index in [1.807, 2.05) is 0 Å². The van der Waals surface area contributed by atoms with Crippen LogP contribution < -0.4 is 10.6 Å². The van der Waals surface area contributed by atoms with Crippen molar-refractivity contribution in [2.45, 2.75) is 57.9 Å². The summed E-state index contributed by atoms with van der Waals surface area (Å²) in [5.74, 6) is 0.268. The normalized spacial score (nSPS) is 30.4. The minimum absolute atomic E-state index is 0. The maximum Gasteiger partial charge on any atom is 0.227 e. The first kappa shape index (κ1) is 14.8. The summed E-state index contributed by atoms with van der Waals surface area (Å²) in [5, 5.41) is 6.54. The summed E-state index contributed by atoms with van der Waals surface area (Å²) in [4.78, 5) is 12.2. The lowest BCUT2D eigenvalue weighted by Gasteiger charge is -2.25. The van der Waals surface area contributed by atoms with Crippen LogP contribution in [-0.4, -0.2) is 25.0 Å². The fourth-order valence-corrected chi connectivity index (χ4v) is 2.79. The molecule has 2 aliphatic rings. The standard InChI is InChI=1S/C13H24N2O.ClH/c1-13(8-9-14-10-13)12(16)15-11-6-4-2-3-5-7-11;/h11,14H,2-10H2,1H3,(H,15,16);1H.